The molecule has 0 bridgehead atoms. The van der Waals surface area contributed by atoms with Crippen LogP contribution in [0.2, 0.25) is 0 Å². The smallest absolute Gasteiger partial charge is 0.255 e. The molecule has 1 aliphatic rings. The molecule has 1 unspecified atom stereocenters. The predicted octanol–water partition coefficient (Wildman–Crippen LogP) is 4.03. The van der Waals surface area contributed by atoms with E-state index >= 15 is 0 Å². The summed E-state index contributed by atoms with van der Waals surface area (Å²) in [7, 11) is 0. The number of carbonyl (C=O) groups excluding carboxylic acids is 2. The molecule has 1 atom stereocenters. The summed E-state index contributed by atoms with van der Waals surface area (Å²) in [5, 5.41) is 6.05. The van der Waals surface area contributed by atoms with Gasteiger partial charge in [0.05, 0.1) is 6.04 Å². The van der Waals surface area contributed by atoms with Crippen LogP contribution in [0, 0.1) is 5.82 Å². The quantitative estimate of drug-likeness (QED) is 0.752. The molecule has 2 N–H and O–H groups in total. The molecule has 4 nitrogen and oxygen atoms in total. The minimum Gasteiger partial charge on any atom is -0.324 e. The summed E-state index contributed by atoms with van der Waals surface area (Å²) in [5.41, 5.74) is 1.30. The van der Waals surface area contributed by atoms with Crippen molar-refractivity contribution in [2.75, 3.05) is 6.54 Å². The summed E-state index contributed by atoms with van der Waals surface area (Å²) < 4.78 is 14.7. The summed E-state index contributed by atoms with van der Waals surface area (Å²) in [4.78, 5) is 24.9. The van der Waals surface area contributed by atoms with Crippen LogP contribution in [0.3, 0.4) is 0 Å². The van der Waals surface area contributed by atoms with Crippen molar-refractivity contribution in [2.45, 2.75) is 25.3 Å². The van der Waals surface area contributed by atoms with E-state index in [0.29, 0.717) is 27.7 Å². The number of Topliss-reactive ketones (excluding diaryl/α,β-unsaturated/α-hetero) is 1. The molecule has 0 aliphatic carbocycles. The normalized spacial score (nSPS) is 18.0. The molecule has 1 aliphatic heterocycles. The molecule has 2 aromatic rings. The Morgan fingerprint density at radius 3 is 2.56 bits per heavy atom. The van der Waals surface area contributed by atoms with Crippen LogP contribution in [-0.4, -0.2) is 24.3 Å². The highest BCUT2D eigenvalue weighted by atomic mass is 79.9. The van der Waals surface area contributed by atoms with Crippen molar-refractivity contribution in [3.8, 4) is 0 Å². The Morgan fingerprint density at radius 2 is 1.85 bits per heavy atom. The SMILES string of the molecule is O=C(N/C(CC1NCCCC1=O)=C(\Br)c1ccccc1F)c1ccccc1. The Hall–Kier alpha value is -2.31. The lowest BCUT2D eigenvalue weighted by Gasteiger charge is -2.24. The van der Waals surface area contributed by atoms with Gasteiger partial charge in [0.25, 0.3) is 5.91 Å². The zero-order valence-corrected chi connectivity index (χ0v) is 16.3. The highest BCUT2D eigenvalue weighted by Gasteiger charge is 2.25. The van der Waals surface area contributed by atoms with E-state index in [-0.39, 0.29) is 18.1 Å². The first kappa shape index (κ1) is 19.5. The number of halogens is 2. The van der Waals surface area contributed by atoms with Crippen molar-refractivity contribution in [1.29, 1.82) is 0 Å². The molecule has 0 aromatic heterocycles. The number of nitrogens with one attached hydrogen (secondary N) is 2. The predicted molar refractivity (Wildman–Crippen MR) is 107 cm³/mol. The molecule has 3 rings (SSSR count). The molecule has 6 heteroatoms. The van der Waals surface area contributed by atoms with Gasteiger partial charge in [-0.25, -0.2) is 4.39 Å². The maximum absolute atomic E-state index is 14.3. The Bertz CT molecular complexity index is 867. The van der Waals surface area contributed by atoms with Crippen molar-refractivity contribution >= 4 is 32.1 Å². The van der Waals surface area contributed by atoms with E-state index in [2.05, 4.69) is 26.6 Å². The number of ketones is 1. The highest BCUT2D eigenvalue weighted by Crippen LogP contribution is 2.29. The van der Waals surface area contributed by atoms with Gasteiger partial charge in [0.1, 0.15) is 11.6 Å². The van der Waals surface area contributed by atoms with Crippen LogP contribution in [-0.2, 0) is 4.79 Å². The minimum atomic E-state index is -0.404. The molecule has 1 fully saturated rings. The van der Waals surface area contributed by atoms with Crippen molar-refractivity contribution in [3.05, 3.63) is 77.2 Å². The monoisotopic (exact) mass is 430 g/mol. The Morgan fingerprint density at radius 1 is 1.15 bits per heavy atom. The second-order valence-corrected chi connectivity index (χ2v) is 7.17. The Balaban J connectivity index is 1.93. The number of hydrogen-bond donors (Lipinski definition) is 2. The highest BCUT2D eigenvalue weighted by molar-refractivity contribution is 9.15. The molecular weight excluding hydrogens is 411 g/mol. The maximum atomic E-state index is 14.3. The van der Waals surface area contributed by atoms with Crippen LogP contribution in [0.5, 0.6) is 0 Å². The van der Waals surface area contributed by atoms with Gasteiger partial charge < -0.3 is 10.6 Å². The lowest BCUT2D eigenvalue weighted by Crippen LogP contribution is -2.43. The summed E-state index contributed by atoms with van der Waals surface area (Å²) >= 11 is 3.44. The average Bonchev–Trinajstić information content (AvgIpc) is 2.69. The van der Waals surface area contributed by atoms with E-state index in [0.717, 1.165) is 13.0 Å². The molecule has 0 spiro atoms. The van der Waals surface area contributed by atoms with Crippen molar-refractivity contribution < 1.29 is 14.0 Å². The van der Waals surface area contributed by atoms with Crippen LogP contribution >= 0.6 is 15.9 Å². The molecule has 2 aromatic carbocycles. The van der Waals surface area contributed by atoms with Crippen molar-refractivity contribution in [1.82, 2.24) is 10.6 Å². The zero-order valence-electron chi connectivity index (χ0n) is 14.7. The molecule has 1 saturated heterocycles. The number of rotatable bonds is 5. The largest absolute Gasteiger partial charge is 0.324 e. The summed E-state index contributed by atoms with van der Waals surface area (Å²) in [5.74, 6) is -0.609. The van der Waals surface area contributed by atoms with Crippen molar-refractivity contribution in [3.63, 3.8) is 0 Å². The van der Waals surface area contributed by atoms with Gasteiger partial charge in [0.2, 0.25) is 0 Å². The van der Waals surface area contributed by atoms with Crippen LogP contribution in [0.15, 0.2) is 60.3 Å². The zero-order chi connectivity index (χ0) is 19.2. The topological polar surface area (TPSA) is 58.2 Å². The fourth-order valence-electron chi connectivity index (χ4n) is 3.01. The first-order valence-corrected chi connectivity index (χ1v) is 9.61. The number of hydrogen-bond acceptors (Lipinski definition) is 3. The molecular formula is C21H20BrFN2O2. The van der Waals surface area contributed by atoms with Gasteiger partial charge >= 0.3 is 0 Å². The van der Waals surface area contributed by atoms with Crippen LogP contribution in [0.4, 0.5) is 4.39 Å². The minimum absolute atomic E-state index is 0.0987. The first-order chi connectivity index (χ1) is 13.1. The number of amides is 1. The number of piperidine rings is 1. The third-order valence-electron chi connectivity index (χ3n) is 4.46. The molecule has 0 radical (unpaired) electrons. The summed E-state index contributed by atoms with van der Waals surface area (Å²) in [6.07, 6.45) is 1.58. The third kappa shape index (κ3) is 4.90. The number of benzene rings is 2. The van der Waals surface area contributed by atoms with E-state index in [1.807, 2.05) is 6.07 Å². The lowest BCUT2D eigenvalue weighted by molar-refractivity contribution is -0.122. The fraction of sp³-hybridized carbons (Fsp3) is 0.238. The first-order valence-electron chi connectivity index (χ1n) is 8.82. The van der Waals surface area contributed by atoms with E-state index in [9.17, 15) is 14.0 Å². The second kappa shape index (κ2) is 9.06. The average molecular weight is 431 g/mol. The van der Waals surface area contributed by atoms with Gasteiger partial charge in [-0.1, -0.05) is 36.4 Å². The van der Waals surface area contributed by atoms with Crippen molar-refractivity contribution in [2.24, 2.45) is 0 Å². The van der Waals surface area contributed by atoms with Gasteiger partial charge in [0.15, 0.2) is 0 Å². The van der Waals surface area contributed by atoms with Gasteiger partial charge in [0, 0.05) is 34.1 Å². The third-order valence-corrected chi connectivity index (χ3v) is 5.37. The van der Waals surface area contributed by atoms with Crippen LogP contribution < -0.4 is 10.6 Å². The fourth-order valence-corrected chi connectivity index (χ4v) is 3.60. The van der Waals surface area contributed by atoms with E-state index in [1.165, 1.54) is 6.07 Å². The van der Waals surface area contributed by atoms with E-state index in [4.69, 9.17) is 0 Å². The van der Waals surface area contributed by atoms with Gasteiger partial charge in [-0.3, -0.25) is 9.59 Å². The van der Waals surface area contributed by atoms with E-state index < -0.39 is 11.9 Å². The standard InChI is InChI=1S/C21H20BrFN2O2/c22-20(15-9-4-5-10-16(15)23)18(13-17-19(26)11-6-12-24-17)25-21(27)14-7-2-1-3-8-14/h1-5,7-10,17,24H,6,11-13H2,(H,25,27)/b20-18-. The molecule has 1 amide bonds. The molecule has 140 valence electrons. The Labute approximate surface area is 166 Å². The summed E-state index contributed by atoms with van der Waals surface area (Å²) in [6, 6.07) is 14.7. The Kier molecular flexibility index (Phi) is 6.53. The van der Waals surface area contributed by atoms with Gasteiger partial charge in [-0.2, -0.15) is 0 Å². The lowest BCUT2D eigenvalue weighted by atomic mass is 9.98. The van der Waals surface area contributed by atoms with Gasteiger partial charge in [-0.05, 0) is 47.1 Å². The van der Waals surface area contributed by atoms with E-state index in [1.54, 1.807) is 42.5 Å². The number of carbonyl (C=O) groups is 2. The van der Waals surface area contributed by atoms with Crippen LogP contribution in [0.25, 0.3) is 4.48 Å². The molecule has 27 heavy (non-hydrogen) atoms. The molecule has 1 heterocycles. The second-order valence-electron chi connectivity index (χ2n) is 6.37. The molecule has 0 saturated carbocycles. The van der Waals surface area contributed by atoms with Crippen LogP contribution in [0.1, 0.15) is 35.2 Å². The maximum Gasteiger partial charge on any atom is 0.255 e. The van der Waals surface area contributed by atoms with Gasteiger partial charge in [-0.15, -0.1) is 0 Å². The summed E-state index contributed by atoms with van der Waals surface area (Å²) in [6.45, 7) is 0.744.